The third kappa shape index (κ3) is 5.89. The molecule has 0 aliphatic heterocycles. The van der Waals surface area contributed by atoms with Crippen LogP contribution in [0.1, 0.15) is 6.99 Å². The smallest absolute Gasteiger partial charge is 1.00 e. The fourth-order valence-electron chi connectivity index (χ4n) is 1.28. The third-order valence-corrected chi connectivity index (χ3v) is 2.83. The van der Waals surface area contributed by atoms with Crippen LogP contribution in [0.5, 0.6) is 0 Å². The molecule has 1 heterocycles. The van der Waals surface area contributed by atoms with Crippen molar-refractivity contribution in [2.24, 2.45) is 0 Å². The molecule has 0 fully saturated rings. The summed E-state index contributed by atoms with van der Waals surface area (Å²) in [5.41, 5.74) is 2.70. The Labute approximate surface area is 128 Å². The summed E-state index contributed by atoms with van der Waals surface area (Å²) >= 11 is 1.79. The molecule has 0 aliphatic carbocycles. The van der Waals surface area contributed by atoms with Crippen LogP contribution in [0, 0.1) is 6.92 Å². The molecule has 0 amide bonds. The normalized spacial score (nSPS) is 8.53. The molecule has 0 spiro atoms. The van der Waals surface area contributed by atoms with Gasteiger partial charge >= 0.3 is 35.7 Å². The van der Waals surface area contributed by atoms with Crippen molar-refractivity contribution in [2.75, 3.05) is 0 Å². The van der Waals surface area contributed by atoms with Crippen LogP contribution in [0.15, 0.2) is 41.8 Å². The fourth-order valence-corrected chi connectivity index (χ4v) is 2.10. The molecule has 5 heteroatoms. The minimum Gasteiger partial charge on any atom is -1.00 e. The number of hydrogen-bond donors (Lipinski definition) is 2. The van der Waals surface area contributed by atoms with E-state index in [0.29, 0.717) is 0 Å². The van der Waals surface area contributed by atoms with E-state index >= 15 is 0 Å². The molecule has 2 rings (SSSR count). The third-order valence-electron chi connectivity index (χ3n) is 1.93. The molecule has 86 valence electrons. The Morgan fingerprint density at radius 1 is 1.18 bits per heavy atom. The van der Waals surface area contributed by atoms with Crippen LogP contribution in [0.2, 0.25) is 0 Å². The van der Waals surface area contributed by atoms with E-state index < -0.39 is 6.16 Å². The van der Waals surface area contributed by atoms with Crippen LogP contribution >= 0.6 is 11.3 Å². The predicted octanol–water partition coefficient (Wildman–Crippen LogP) is 1.06. The van der Waals surface area contributed by atoms with E-state index in [4.69, 9.17) is 15.0 Å². The molecule has 0 aliphatic rings. The Morgan fingerprint density at radius 3 is 2.24 bits per heavy atom. The molecular formula is C12H13NaO3S. The van der Waals surface area contributed by atoms with Crippen molar-refractivity contribution < 1.29 is 46.0 Å². The van der Waals surface area contributed by atoms with Gasteiger partial charge in [0, 0.05) is 4.88 Å². The van der Waals surface area contributed by atoms with Gasteiger partial charge in [-0.3, -0.25) is 0 Å². The summed E-state index contributed by atoms with van der Waals surface area (Å²) in [6.45, 7) is 2.15. The van der Waals surface area contributed by atoms with Gasteiger partial charge in [-0.1, -0.05) is 30.3 Å². The van der Waals surface area contributed by atoms with Crippen molar-refractivity contribution in [3.05, 3.63) is 47.3 Å². The molecule has 17 heavy (non-hydrogen) atoms. The van der Waals surface area contributed by atoms with Crippen molar-refractivity contribution in [1.82, 2.24) is 0 Å². The number of carbonyl (C=O) groups is 1. The van der Waals surface area contributed by atoms with Gasteiger partial charge in [0.15, 0.2) is 0 Å². The maximum Gasteiger partial charge on any atom is 1.00 e. The van der Waals surface area contributed by atoms with Gasteiger partial charge in [-0.05, 0) is 29.5 Å². The van der Waals surface area contributed by atoms with Crippen molar-refractivity contribution >= 4 is 17.5 Å². The zero-order valence-electron chi connectivity index (χ0n) is 10.8. The molecule has 2 aromatic rings. The molecule has 3 nitrogen and oxygen atoms in total. The minimum atomic E-state index is -1.83. The van der Waals surface area contributed by atoms with Gasteiger partial charge in [0.05, 0.1) is 0 Å². The first-order chi connectivity index (χ1) is 7.61. The predicted molar refractivity (Wildman–Crippen MR) is 66.3 cm³/mol. The quantitative estimate of drug-likeness (QED) is 0.754. The van der Waals surface area contributed by atoms with Gasteiger partial charge in [-0.15, -0.1) is 11.3 Å². The second kappa shape index (κ2) is 8.31. The van der Waals surface area contributed by atoms with Crippen LogP contribution in [0.4, 0.5) is 4.79 Å². The molecular weight excluding hydrogens is 247 g/mol. The van der Waals surface area contributed by atoms with Crippen LogP contribution in [-0.4, -0.2) is 16.4 Å². The minimum absolute atomic E-state index is 0. The summed E-state index contributed by atoms with van der Waals surface area (Å²) in [6, 6.07) is 12.7. The topological polar surface area (TPSA) is 57.5 Å². The summed E-state index contributed by atoms with van der Waals surface area (Å²) in [5, 5.41) is 16.1. The zero-order valence-corrected chi connectivity index (χ0v) is 12.6. The van der Waals surface area contributed by atoms with E-state index in [9.17, 15) is 0 Å². The second-order valence-corrected chi connectivity index (χ2v) is 4.02. The Bertz CT molecular complexity index is 456. The molecule has 0 atom stereocenters. The van der Waals surface area contributed by atoms with E-state index in [1.54, 1.807) is 11.3 Å². The van der Waals surface area contributed by atoms with Crippen molar-refractivity contribution in [1.29, 1.82) is 0 Å². The average molecular weight is 260 g/mol. The monoisotopic (exact) mass is 260 g/mol. The average Bonchev–Trinajstić information content (AvgIpc) is 2.70. The molecule has 2 N–H and O–H groups in total. The van der Waals surface area contributed by atoms with Crippen molar-refractivity contribution in [2.45, 2.75) is 6.92 Å². The van der Waals surface area contributed by atoms with E-state index in [0.717, 1.165) is 0 Å². The van der Waals surface area contributed by atoms with Gasteiger partial charge in [0.25, 0.3) is 0 Å². The maximum atomic E-state index is 8.56. The molecule has 0 radical (unpaired) electrons. The van der Waals surface area contributed by atoms with Gasteiger partial charge < -0.3 is 11.6 Å². The molecule has 0 saturated heterocycles. The molecule has 1 aromatic carbocycles. The molecule has 1 aromatic heterocycles. The van der Waals surface area contributed by atoms with E-state index in [1.807, 2.05) is 0 Å². The Hall–Kier alpha value is -0.810. The number of carboxylic acid groups (broad SMARTS) is 2. The fraction of sp³-hybridized carbons (Fsp3) is 0.0833. The number of benzene rings is 1. The summed E-state index contributed by atoms with van der Waals surface area (Å²) in [5.74, 6) is 0. The summed E-state index contributed by atoms with van der Waals surface area (Å²) in [7, 11) is 0. The standard InChI is InChI=1S/C11H10S.CH2O3.Na.H/c1-9-5-2-3-6-10(9)11-7-4-8-12-11;2-1(3)4;;/h2-8H,1H3;(H2,2,3,4);;/q;;+1;-1. The molecule has 0 saturated carbocycles. The molecule has 0 bridgehead atoms. The number of thiophene rings is 1. The first kappa shape index (κ1) is 16.2. The first-order valence-corrected chi connectivity index (χ1v) is 5.50. The number of aryl methyl sites for hydroxylation is 1. The van der Waals surface area contributed by atoms with Crippen molar-refractivity contribution in [3.63, 3.8) is 0 Å². The second-order valence-electron chi connectivity index (χ2n) is 3.07. The van der Waals surface area contributed by atoms with Crippen LogP contribution in [0.25, 0.3) is 10.4 Å². The summed E-state index contributed by atoms with van der Waals surface area (Å²) < 4.78 is 0. The summed E-state index contributed by atoms with van der Waals surface area (Å²) in [6.07, 6.45) is -1.83. The van der Waals surface area contributed by atoms with Crippen LogP contribution in [0.3, 0.4) is 0 Å². The number of hydrogen-bond acceptors (Lipinski definition) is 2. The Balaban J connectivity index is 0. The van der Waals surface area contributed by atoms with Crippen molar-refractivity contribution in [3.8, 4) is 10.4 Å². The van der Waals surface area contributed by atoms with E-state index in [1.165, 1.54) is 16.0 Å². The van der Waals surface area contributed by atoms with Gasteiger partial charge in [-0.2, -0.15) is 0 Å². The molecule has 0 unspecified atom stereocenters. The van der Waals surface area contributed by atoms with Gasteiger partial charge in [-0.25, -0.2) is 4.79 Å². The van der Waals surface area contributed by atoms with E-state index in [-0.39, 0.29) is 31.0 Å². The Morgan fingerprint density at radius 2 is 1.76 bits per heavy atom. The first-order valence-electron chi connectivity index (χ1n) is 4.62. The van der Waals surface area contributed by atoms with Gasteiger partial charge in [0.2, 0.25) is 0 Å². The SMILES string of the molecule is Cc1ccccc1-c1cccs1.O=C(O)O.[H-].[Na+]. The number of rotatable bonds is 1. The maximum absolute atomic E-state index is 8.56. The van der Waals surface area contributed by atoms with E-state index in [2.05, 4.69) is 48.7 Å². The van der Waals surface area contributed by atoms with Crippen LogP contribution < -0.4 is 29.6 Å². The van der Waals surface area contributed by atoms with Gasteiger partial charge in [0.1, 0.15) is 0 Å². The summed E-state index contributed by atoms with van der Waals surface area (Å²) in [4.78, 5) is 9.91. The largest absolute Gasteiger partial charge is 1.00 e. The Kier molecular flexibility index (Phi) is 7.91. The van der Waals surface area contributed by atoms with Crippen LogP contribution in [-0.2, 0) is 0 Å². The zero-order chi connectivity index (χ0) is 12.0.